The maximum Gasteiger partial charge on any atom is 0.416 e. The summed E-state index contributed by atoms with van der Waals surface area (Å²) in [5.41, 5.74) is -0.534. The Kier molecular flexibility index (Phi) is 5.39. The van der Waals surface area contributed by atoms with Gasteiger partial charge in [0, 0.05) is 50.0 Å². The van der Waals surface area contributed by atoms with Gasteiger partial charge in [-0.15, -0.1) is 10.2 Å². The van der Waals surface area contributed by atoms with Crippen LogP contribution in [-0.4, -0.2) is 50.0 Å². The highest BCUT2D eigenvalue weighted by Gasteiger charge is 2.31. The lowest BCUT2D eigenvalue weighted by Crippen LogP contribution is -2.41. The van der Waals surface area contributed by atoms with Gasteiger partial charge in [0.05, 0.1) is 5.56 Å². The molecule has 2 aromatic heterocycles. The Bertz CT molecular complexity index is 981. The Hall–Kier alpha value is -3.43. The monoisotopic (exact) mass is 417 g/mol. The van der Waals surface area contributed by atoms with Crippen molar-refractivity contribution >= 4 is 5.91 Å². The average molecular weight is 417 g/mol. The Morgan fingerprint density at radius 2 is 1.77 bits per heavy atom. The number of hydrogen-bond donors (Lipinski definition) is 0. The number of rotatable bonds is 4. The van der Waals surface area contributed by atoms with Crippen LogP contribution < -0.4 is 4.74 Å². The van der Waals surface area contributed by atoms with Crippen molar-refractivity contribution in [2.24, 2.45) is 0 Å². The first kappa shape index (κ1) is 19.9. The number of alkyl halides is 3. The van der Waals surface area contributed by atoms with Crippen LogP contribution in [0.25, 0.3) is 5.82 Å². The first-order valence-corrected chi connectivity index (χ1v) is 9.37. The Labute approximate surface area is 170 Å². The lowest BCUT2D eigenvalue weighted by molar-refractivity contribution is -0.137. The zero-order valence-electron chi connectivity index (χ0n) is 15.8. The van der Waals surface area contributed by atoms with Crippen molar-refractivity contribution in [3.8, 4) is 11.7 Å². The van der Waals surface area contributed by atoms with Crippen LogP contribution in [0.1, 0.15) is 28.8 Å². The number of hydrogen-bond acceptors (Lipinski definition) is 5. The van der Waals surface area contributed by atoms with E-state index in [-0.39, 0.29) is 17.6 Å². The van der Waals surface area contributed by atoms with Crippen LogP contribution in [0.5, 0.6) is 5.88 Å². The van der Waals surface area contributed by atoms with Crippen molar-refractivity contribution in [1.29, 1.82) is 0 Å². The highest BCUT2D eigenvalue weighted by Crippen LogP contribution is 2.29. The fourth-order valence-electron chi connectivity index (χ4n) is 3.23. The SMILES string of the molecule is O=C(c1ccc(C(F)(F)F)cc1)N1CCC(Oc2ccc(-n3cccn3)nn2)CC1. The van der Waals surface area contributed by atoms with Crippen LogP contribution in [-0.2, 0) is 6.18 Å². The van der Waals surface area contributed by atoms with Crippen LogP contribution in [0.4, 0.5) is 13.2 Å². The molecule has 0 spiro atoms. The van der Waals surface area contributed by atoms with E-state index in [1.807, 2.05) is 0 Å². The molecule has 0 radical (unpaired) electrons. The summed E-state index contributed by atoms with van der Waals surface area (Å²) in [5, 5.41) is 12.2. The highest BCUT2D eigenvalue weighted by molar-refractivity contribution is 5.94. The molecular formula is C20H18F3N5O2. The molecule has 1 saturated heterocycles. The summed E-state index contributed by atoms with van der Waals surface area (Å²) >= 11 is 0. The number of likely N-dealkylation sites (tertiary alicyclic amines) is 1. The molecule has 0 saturated carbocycles. The minimum atomic E-state index is -4.42. The van der Waals surface area contributed by atoms with E-state index in [1.54, 1.807) is 40.2 Å². The van der Waals surface area contributed by atoms with Gasteiger partial charge < -0.3 is 9.64 Å². The van der Waals surface area contributed by atoms with Crippen molar-refractivity contribution < 1.29 is 22.7 Å². The van der Waals surface area contributed by atoms with Gasteiger partial charge in [-0.2, -0.15) is 18.3 Å². The summed E-state index contributed by atoms with van der Waals surface area (Å²) in [7, 11) is 0. The van der Waals surface area contributed by atoms with Crippen molar-refractivity contribution in [1.82, 2.24) is 24.9 Å². The molecule has 1 amide bonds. The molecule has 10 heteroatoms. The lowest BCUT2D eigenvalue weighted by atomic mass is 10.1. The number of ether oxygens (including phenoxy) is 1. The number of nitrogens with zero attached hydrogens (tertiary/aromatic N) is 5. The molecule has 0 atom stereocenters. The first-order valence-electron chi connectivity index (χ1n) is 9.37. The molecule has 7 nitrogen and oxygen atoms in total. The van der Waals surface area contributed by atoms with Crippen molar-refractivity contribution in [2.45, 2.75) is 25.1 Å². The minimum Gasteiger partial charge on any atom is -0.473 e. The Morgan fingerprint density at radius 1 is 1.03 bits per heavy atom. The summed E-state index contributed by atoms with van der Waals surface area (Å²) in [4.78, 5) is 14.2. The molecule has 3 heterocycles. The van der Waals surface area contributed by atoms with Crippen LogP contribution in [0.3, 0.4) is 0 Å². The number of piperidine rings is 1. The van der Waals surface area contributed by atoms with Gasteiger partial charge in [0.15, 0.2) is 5.82 Å². The topological polar surface area (TPSA) is 73.1 Å². The maximum atomic E-state index is 12.7. The number of carbonyl (C=O) groups is 1. The number of carbonyl (C=O) groups excluding carboxylic acids is 1. The first-order chi connectivity index (χ1) is 14.4. The summed E-state index contributed by atoms with van der Waals surface area (Å²) in [6.07, 6.45) is 0.0481. The number of halogens is 3. The second-order valence-corrected chi connectivity index (χ2v) is 6.86. The molecule has 0 aliphatic carbocycles. The quantitative estimate of drug-likeness (QED) is 0.651. The minimum absolute atomic E-state index is 0.119. The van der Waals surface area contributed by atoms with Crippen LogP contribution in [0, 0.1) is 0 Å². The lowest BCUT2D eigenvalue weighted by Gasteiger charge is -2.32. The van der Waals surface area contributed by atoms with E-state index in [9.17, 15) is 18.0 Å². The Morgan fingerprint density at radius 3 is 2.33 bits per heavy atom. The van der Waals surface area contributed by atoms with Gasteiger partial charge in [-0.3, -0.25) is 4.79 Å². The van der Waals surface area contributed by atoms with Gasteiger partial charge in [-0.25, -0.2) is 4.68 Å². The zero-order chi connectivity index (χ0) is 21.1. The van der Waals surface area contributed by atoms with E-state index in [2.05, 4.69) is 15.3 Å². The molecule has 156 valence electrons. The number of aromatic nitrogens is 4. The van der Waals surface area contributed by atoms with Gasteiger partial charge >= 0.3 is 6.18 Å². The van der Waals surface area contributed by atoms with E-state index < -0.39 is 11.7 Å². The van der Waals surface area contributed by atoms with Gasteiger partial charge in [0.25, 0.3) is 5.91 Å². The third kappa shape index (κ3) is 4.42. The summed E-state index contributed by atoms with van der Waals surface area (Å²) in [6, 6.07) is 9.52. The molecule has 0 bridgehead atoms. The van der Waals surface area contributed by atoms with Gasteiger partial charge in [0.1, 0.15) is 6.10 Å². The van der Waals surface area contributed by atoms with E-state index >= 15 is 0 Å². The average Bonchev–Trinajstić information content (AvgIpc) is 3.29. The molecule has 1 aliphatic heterocycles. The third-order valence-corrected chi connectivity index (χ3v) is 4.84. The predicted octanol–water partition coefficient (Wildman–Crippen LogP) is 3.36. The summed E-state index contributed by atoms with van der Waals surface area (Å²) in [5.74, 6) is 0.674. The second-order valence-electron chi connectivity index (χ2n) is 6.86. The van der Waals surface area contributed by atoms with E-state index in [1.165, 1.54) is 12.1 Å². The molecule has 4 rings (SSSR count). The van der Waals surface area contributed by atoms with Gasteiger partial charge in [0.2, 0.25) is 5.88 Å². The zero-order valence-corrected chi connectivity index (χ0v) is 15.8. The molecule has 3 aromatic rings. The second kappa shape index (κ2) is 8.13. The molecular weight excluding hydrogens is 399 g/mol. The molecule has 0 unspecified atom stereocenters. The smallest absolute Gasteiger partial charge is 0.416 e. The molecule has 1 aromatic carbocycles. The van der Waals surface area contributed by atoms with Crippen molar-refractivity contribution in [3.63, 3.8) is 0 Å². The molecule has 1 aliphatic rings. The predicted molar refractivity (Wildman–Crippen MR) is 100 cm³/mol. The molecule has 0 N–H and O–H groups in total. The maximum absolute atomic E-state index is 12.7. The van der Waals surface area contributed by atoms with Crippen molar-refractivity contribution in [3.05, 3.63) is 66.0 Å². The van der Waals surface area contributed by atoms with Crippen molar-refractivity contribution in [2.75, 3.05) is 13.1 Å². The normalized spacial score (nSPS) is 15.2. The number of amides is 1. The van der Waals surface area contributed by atoms with Gasteiger partial charge in [-0.05, 0) is 36.4 Å². The molecule has 1 fully saturated rings. The van der Waals surface area contributed by atoms with E-state index in [4.69, 9.17) is 4.74 Å². The van der Waals surface area contributed by atoms with E-state index in [0.717, 1.165) is 12.1 Å². The van der Waals surface area contributed by atoms with Crippen LogP contribution in [0.15, 0.2) is 54.9 Å². The van der Waals surface area contributed by atoms with Crippen LogP contribution >= 0.6 is 0 Å². The molecule has 30 heavy (non-hydrogen) atoms. The standard InChI is InChI=1S/C20H18F3N5O2/c21-20(22,23)15-4-2-14(3-5-15)19(29)27-12-8-16(9-13-27)30-18-7-6-17(25-26-18)28-11-1-10-24-28/h1-7,10-11,16H,8-9,12-13H2. The third-order valence-electron chi connectivity index (χ3n) is 4.84. The van der Waals surface area contributed by atoms with Gasteiger partial charge in [-0.1, -0.05) is 0 Å². The summed E-state index contributed by atoms with van der Waals surface area (Å²) in [6.45, 7) is 0.895. The fourth-order valence-corrected chi connectivity index (χ4v) is 3.23. The fraction of sp³-hybridized carbons (Fsp3) is 0.300. The largest absolute Gasteiger partial charge is 0.473 e. The highest BCUT2D eigenvalue weighted by atomic mass is 19.4. The van der Waals surface area contributed by atoms with Crippen LogP contribution in [0.2, 0.25) is 0 Å². The Balaban J connectivity index is 1.31. The summed E-state index contributed by atoms with van der Waals surface area (Å²) < 4.78 is 45.4. The number of benzene rings is 1. The van der Waals surface area contributed by atoms with E-state index in [0.29, 0.717) is 37.6 Å².